The van der Waals surface area contributed by atoms with Crippen molar-refractivity contribution in [1.29, 1.82) is 0 Å². The molecule has 1 heterocycles. The summed E-state index contributed by atoms with van der Waals surface area (Å²) in [6, 6.07) is 0. The minimum atomic E-state index is -4.33. The van der Waals surface area contributed by atoms with E-state index < -0.39 is 20.1 Å². The van der Waals surface area contributed by atoms with Crippen LogP contribution in [0.15, 0.2) is 0 Å². The second kappa shape index (κ2) is 4.11. The average molecular weight is 184 g/mol. The van der Waals surface area contributed by atoms with Crippen LogP contribution in [0, 0.1) is 0 Å². The van der Waals surface area contributed by atoms with Crippen molar-refractivity contribution in [3.8, 4) is 0 Å². The summed E-state index contributed by atoms with van der Waals surface area (Å²) in [5.74, 6) is 0. The van der Waals surface area contributed by atoms with Crippen molar-refractivity contribution in [2.45, 2.75) is 12.6 Å². The molecule has 1 saturated heterocycles. The maximum absolute atomic E-state index is 11.6. The zero-order valence-electron chi connectivity index (χ0n) is 6.26. The summed E-state index contributed by atoms with van der Waals surface area (Å²) in [6.07, 6.45) is -3.64. The van der Waals surface area contributed by atoms with Crippen LogP contribution in [0.4, 0.5) is 13.2 Å². The normalized spacial score (nSPS) is 19.8. The van der Waals surface area contributed by atoms with Crippen LogP contribution in [0.25, 0.3) is 0 Å². The minimum absolute atomic E-state index is 0.378. The van der Waals surface area contributed by atoms with Gasteiger partial charge in [-0.2, -0.15) is 13.2 Å². The number of hydrogen-bond donors (Lipinski definition) is 0. The standard InChI is InChI=1S/C5H8BF3O3/c7-5(8,9)4-12-6-10-2-1-3-11-6/h1-4H2. The predicted octanol–water partition coefficient (Wildman–Crippen LogP) is 0.987. The molecule has 0 bridgehead atoms. The third kappa shape index (κ3) is 3.94. The van der Waals surface area contributed by atoms with E-state index in [-0.39, 0.29) is 0 Å². The summed E-state index contributed by atoms with van der Waals surface area (Å²) in [5.41, 5.74) is 0. The molecule has 0 aliphatic carbocycles. The van der Waals surface area contributed by atoms with Gasteiger partial charge < -0.3 is 14.0 Å². The van der Waals surface area contributed by atoms with Crippen LogP contribution in [-0.2, 0) is 14.0 Å². The molecule has 0 spiro atoms. The fourth-order valence-electron chi connectivity index (χ4n) is 0.725. The van der Waals surface area contributed by atoms with Gasteiger partial charge in [0.2, 0.25) is 0 Å². The van der Waals surface area contributed by atoms with E-state index in [9.17, 15) is 13.2 Å². The largest absolute Gasteiger partial charge is 0.639 e. The van der Waals surface area contributed by atoms with Crippen LogP contribution >= 0.6 is 0 Å². The van der Waals surface area contributed by atoms with E-state index >= 15 is 0 Å². The number of hydrogen-bond acceptors (Lipinski definition) is 3. The molecule has 0 atom stereocenters. The summed E-state index contributed by atoms with van der Waals surface area (Å²) in [4.78, 5) is 0. The highest BCUT2D eigenvalue weighted by Crippen LogP contribution is 2.15. The Balaban J connectivity index is 2.13. The lowest BCUT2D eigenvalue weighted by Gasteiger charge is -2.19. The van der Waals surface area contributed by atoms with Crippen molar-refractivity contribution in [1.82, 2.24) is 0 Å². The van der Waals surface area contributed by atoms with Gasteiger partial charge in [-0.05, 0) is 6.42 Å². The van der Waals surface area contributed by atoms with E-state index in [0.717, 1.165) is 0 Å². The number of alkyl halides is 3. The molecule has 12 heavy (non-hydrogen) atoms. The summed E-state index contributed by atoms with van der Waals surface area (Å²) in [6.45, 7) is -0.581. The van der Waals surface area contributed by atoms with Gasteiger partial charge in [0.25, 0.3) is 0 Å². The Hall–Kier alpha value is -0.265. The Morgan fingerprint density at radius 3 is 2.33 bits per heavy atom. The van der Waals surface area contributed by atoms with E-state index in [2.05, 4.69) is 4.65 Å². The van der Waals surface area contributed by atoms with Crippen LogP contribution in [-0.4, -0.2) is 33.3 Å². The number of halogens is 3. The first kappa shape index (κ1) is 9.82. The first-order chi connectivity index (χ1) is 5.58. The Labute approximate surface area is 68.0 Å². The maximum Gasteiger partial charge on any atom is 0.639 e. The minimum Gasteiger partial charge on any atom is -0.386 e. The lowest BCUT2D eigenvalue weighted by atomic mass is 10.2. The van der Waals surface area contributed by atoms with E-state index in [1.807, 2.05) is 0 Å². The molecule has 1 fully saturated rings. The van der Waals surface area contributed by atoms with E-state index in [1.54, 1.807) is 0 Å². The lowest BCUT2D eigenvalue weighted by Crippen LogP contribution is -2.35. The zero-order valence-corrected chi connectivity index (χ0v) is 6.26. The van der Waals surface area contributed by atoms with Crippen LogP contribution < -0.4 is 0 Å². The molecule has 0 saturated carbocycles. The van der Waals surface area contributed by atoms with E-state index in [4.69, 9.17) is 9.31 Å². The summed E-state index contributed by atoms with van der Waals surface area (Å²) in [5, 5.41) is 0. The molecule has 70 valence electrons. The Morgan fingerprint density at radius 2 is 1.83 bits per heavy atom. The van der Waals surface area contributed by atoms with Crippen molar-refractivity contribution < 1.29 is 27.1 Å². The van der Waals surface area contributed by atoms with Crippen molar-refractivity contribution in [2.75, 3.05) is 19.8 Å². The molecule has 0 amide bonds. The molecule has 0 aromatic carbocycles. The highest BCUT2D eigenvalue weighted by molar-refractivity contribution is 6.36. The van der Waals surface area contributed by atoms with Gasteiger partial charge in [0.1, 0.15) is 6.61 Å². The first-order valence-electron chi connectivity index (χ1n) is 3.49. The molecule has 0 aromatic heterocycles. The summed E-state index contributed by atoms with van der Waals surface area (Å²) < 4.78 is 48.5. The third-order valence-electron chi connectivity index (χ3n) is 1.18. The predicted molar refractivity (Wildman–Crippen MR) is 34.3 cm³/mol. The molecule has 1 rings (SSSR count). The van der Waals surface area contributed by atoms with Gasteiger partial charge in [0, 0.05) is 13.2 Å². The highest BCUT2D eigenvalue weighted by atomic mass is 19.4. The fourth-order valence-corrected chi connectivity index (χ4v) is 0.725. The molecular weight excluding hydrogens is 176 g/mol. The Morgan fingerprint density at radius 1 is 1.25 bits per heavy atom. The molecule has 1 aliphatic heterocycles. The quantitative estimate of drug-likeness (QED) is 0.598. The molecule has 7 heteroatoms. The van der Waals surface area contributed by atoms with E-state index in [1.165, 1.54) is 0 Å². The topological polar surface area (TPSA) is 27.7 Å². The Bertz CT molecular complexity index is 134. The van der Waals surface area contributed by atoms with Gasteiger partial charge in [-0.15, -0.1) is 0 Å². The molecule has 3 nitrogen and oxygen atoms in total. The molecule has 0 unspecified atom stereocenters. The Kier molecular flexibility index (Phi) is 3.36. The molecule has 0 radical (unpaired) electrons. The molecular formula is C5H8BF3O3. The molecule has 0 aromatic rings. The van der Waals surface area contributed by atoms with Crippen LogP contribution in [0.1, 0.15) is 6.42 Å². The monoisotopic (exact) mass is 184 g/mol. The van der Waals surface area contributed by atoms with Gasteiger partial charge in [-0.1, -0.05) is 0 Å². The van der Waals surface area contributed by atoms with Gasteiger partial charge >= 0.3 is 13.5 Å². The van der Waals surface area contributed by atoms with E-state index in [0.29, 0.717) is 19.6 Å². The highest BCUT2D eigenvalue weighted by Gasteiger charge is 2.33. The smallest absolute Gasteiger partial charge is 0.386 e. The van der Waals surface area contributed by atoms with Crippen LogP contribution in [0.3, 0.4) is 0 Å². The van der Waals surface area contributed by atoms with Gasteiger partial charge in [-0.25, -0.2) is 0 Å². The molecule has 1 aliphatic rings. The first-order valence-corrected chi connectivity index (χ1v) is 3.49. The van der Waals surface area contributed by atoms with Crippen molar-refractivity contribution in [3.05, 3.63) is 0 Å². The second-order valence-electron chi connectivity index (χ2n) is 2.31. The van der Waals surface area contributed by atoms with Gasteiger partial charge in [-0.3, -0.25) is 0 Å². The lowest BCUT2D eigenvalue weighted by molar-refractivity contribution is -0.162. The van der Waals surface area contributed by atoms with Crippen LogP contribution in [0.5, 0.6) is 0 Å². The molecule has 0 N–H and O–H groups in total. The van der Waals surface area contributed by atoms with Crippen molar-refractivity contribution in [2.24, 2.45) is 0 Å². The third-order valence-corrected chi connectivity index (χ3v) is 1.18. The van der Waals surface area contributed by atoms with Crippen LogP contribution in [0.2, 0.25) is 0 Å². The SMILES string of the molecule is FC(F)(F)COB1OCCCO1. The maximum atomic E-state index is 11.6. The average Bonchev–Trinajstić information content (AvgIpc) is 2.02. The fraction of sp³-hybridized carbons (Fsp3) is 1.00. The van der Waals surface area contributed by atoms with Crippen molar-refractivity contribution in [3.63, 3.8) is 0 Å². The van der Waals surface area contributed by atoms with Gasteiger partial charge in [0.15, 0.2) is 0 Å². The van der Waals surface area contributed by atoms with Gasteiger partial charge in [0.05, 0.1) is 0 Å². The number of rotatable bonds is 2. The summed E-state index contributed by atoms with van der Waals surface area (Å²) in [7, 11) is -1.15. The summed E-state index contributed by atoms with van der Waals surface area (Å²) >= 11 is 0. The second-order valence-corrected chi connectivity index (χ2v) is 2.31. The zero-order chi connectivity index (χ0) is 9.03. The van der Waals surface area contributed by atoms with Crippen molar-refractivity contribution >= 4 is 7.32 Å².